The van der Waals surface area contributed by atoms with Gasteiger partial charge in [0.2, 0.25) is 34.1 Å². The van der Waals surface area contributed by atoms with Gasteiger partial charge in [-0.2, -0.15) is 15.0 Å². The second-order valence-electron chi connectivity index (χ2n) is 28.7. The molecule has 6 fully saturated rings. The summed E-state index contributed by atoms with van der Waals surface area (Å²) in [5.74, 6) is -0.176. The molecule has 6 aliphatic rings. The number of benzene rings is 3. The van der Waals surface area contributed by atoms with Crippen molar-refractivity contribution in [2.45, 2.75) is 121 Å². The van der Waals surface area contributed by atoms with Crippen LogP contribution in [0.3, 0.4) is 0 Å². The summed E-state index contributed by atoms with van der Waals surface area (Å²) in [6.45, 7) is 14.7. The first-order valence-electron chi connectivity index (χ1n) is 37.5. The molecule has 3 amide bonds. The average Bonchev–Trinajstić information content (AvgIpc) is 0.775. The van der Waals surface area contributed by atoms with Crippen molar-refractivity contribution in [1.29, 1.82) is 0 Å². The van der Waals surface area contributed by atoms with Gasteiger partial charge >= 0.3 is 0 Å². The minimum absolute atomic E-state index is 0.0118. The van der Waals surface area contributed by atoms with Gasteiger partial charge in [0.25, 0.3) is 17.7 Å². The van der Waals surface area contributed by atoms with E-state index in [0.29, 0.717) is 57.5 Å². The lowest BCUT2D eigenvalue weighted by Crippen LogP contribution is -2.44. The van der Waals surface area contributed by atoms with Crippen molar-refractivity contribution >= 4 is 103 Å². The maximum Gasteiger partial charge on any atom is 0.256 e. The zero-order chi connectivity index (χ0) is 73.1. The number of aromatic nitrogens is 9. The van der Waals surface area contributed by atoms with Crippen molar-refractivity contribution in [2.75, 3.05) is 144 Å². The Hall–Kier alpha value is -10.4. The maximum absolute atomic E-state index is 13.2. The van der Waals surface area contributed by atoms with Gasteiger partial charge in [0.05, 0.1) is 16.2 Å². The second-order valence-corrected chi connectivity index (χ2v) is 28.7. The van der Waals surface area contributed by atoms with E-state index in [-0.39, 0.29) is 57.5 Å². The molecule has 0 radical (unpaired) electrons. The standard InChI is InChI=1S/C27H35N7O2.C26H33N7O2.C25H31N7O2/c1-3-28-26(36)23-18-34(21-7-5-4-6-8-21)25-22(24(23)35)17-29-27(31-25)30-19-9-11-20(12-10-19)33-15-13-32(2)14-16-33;1-27-25(35)22-17-33(20-6-4-3-5-7-20)24-21(23(22)34)16-28-26(30-24)29-18-8-10-19(11-9-18)32-14-12-31(2)13-15-32;1-30-10-12-31(13-11-30)19-9-5-6-17(14-19)28-25-27-15-20-22(33)21(23(26)34)16-32(24(20)29-25)18-7-3-2-4-8-18/h9-12,17-18,21H,3-8,13-16H2,1-2H3,(H,28,36)(H,29,30,31);8-11,16-17,20H,3-7,12-15H2,1-2H3,(H,27,35)(H,28,29,30);5-6,9,14-16,18H,2-4,7-8,10-13H2,1H3,(H2,26,34)(H,27,28,29). The highest BCUT2D eigenvalue weighted by Gasteiger charge is 2.28. The molecule has 7 N–H and O–H groups in total. The quantitative estimate of drug-likeness (QED) is 0.0524. The first-order chi connectivity index (χ1) is 51.0. The van der Waals surface area contributed by atoms with Crippen LogP contribution in [0.25, 0.3) is 33.1 Å². The number of primary amides is 1. The van der Waals surface area contributed by atoms with E-state index in [1.54, 1.807) is 24.8 Å². The first-order valence-corrected chi connectivity index (χ1v) is 37.5. The molecule has 9 aromatic rings. The Morgan fingerprint density at radius 2 is 0.771 bits per heavy atom. The van der Waals surface area contributed by atoms with E-state index in [4.69, 9.17) is 20.7 Å². The molecule has 3 aliphatic carbocycles. The van der Waals surface area contributed by atoms with Gasteiger partial charge in [0.1, 0.15) is 33.6 Å². The molecule has 6 aromatic heterocycles. The Morgan fingerprint density at radius 1 is 0.429 bits per heavy atom. The molecule has 3 aromatic carbocycles. The number of fused-ring (bicyclic) bond motifs is 3. The number of nitrogens with zero attached hydrogens (tertiary/aromatic N) is 15. The molecular formula is C78H99N21O6. The van der Waals surface area contributed by atoms with E-state index in [1.807, 2.05) is 57.0 Å². The monoisotopic (exact) mass is 1430 g/mol. The van der Waals surface area contributed by atoms with Crippen LogP contribution in [0.2, 0.25) is 0 Å². The third-order valence-corrected chi connectivity index (χ3v) is 21.5. The summed E-state index contributed by atoms with van der Waals surface area (Å²) < 4.78 is 6.01. The lowest BCUT2D eigenvalue weighted by atomic mass is 9.95. The van der Waals surface area contributed by atoms with Crippen molar-refractivity contribution in [3.8, 4) is 0 Å². The number of rotatable bonds is 16. The minimum Gasteiger partial charge on any atom is -0.369 e. The van der Waals surface area contributed by atoms with Crippen molar-refractivity contribution < 1.29 is 14.4 Å². The number of anilines is 9. The Balaban J connectivity index is 0.000000140. The number of carbonyl (C=O) groups is 3. The molecule has 15 rings (SSSR count). The van der Waals surface area contributed by atoms with E-state index < -0.39 is 11.3 Å². The van der Waals surface area contributed by atoms with Gasteiger partial charge < -0.3 is 75.4 Å². The van der Waals surface area contributed by atoms with Crippen LogP contribution in [-0.4, -0.2) is 189 Å². The molecule has 3 saturated heterocycles. The molecule has 0 atom stereocenters. The fraction of sp³-hybridized carbons (Fsp3) is 0.462. The molecule has 27 heteroatoms. The largest absolute Gasteiger partial charge is 0.369 e. The molecule has 3 saturated carbocycles. The number of nitrogens with one attached hydrogen (secondary N) is 5. The Labute approximate surface area is 611 Å². The zero-order valence-electron chi connectivity index (χ0n) is 61.2. The highest BCUT2D eigenvalue weighted by atomic mass is 16.2. The third kappa shape index (κ3) is 17.2. The van der Waals surface area contributed by atoms with E-state index >= 15 is 0 Å². The second kappa shape index (κ2) is 33.6. The van der Waals surface area contributed by atoms with Crippen molar-refractivity contribution in [1.82, 2.24) is 68.9 Å². The van der Waals surface area contributed by atoms with Gasteiger partial charge in [-0.25, -0.2) is 15.0 Å². The number of pyridine rings is 3. The zero-order valence-corrected chi connectivity index (χ0v) is 61.2. The summed E-state index contributed by atoms with van der Waals surface area (Å²) in [6.07, 6.45) is 25.9. The number of amides is 3. The number of hydrogen-bond donors (Lipinski definition) is 6. The van der Waals surface area contributed by atoms with Crippen LogP contribution in [0.5, 0.6) is 0 Å². The van der Waals surface area contributed by atoms with Crippen LogP contribution in [0.1, 0.15) is 152 Å². The first kappa shape index (κ1) is 73.0. The number of piperazine rings is 3. The molecule has 0 spiro atoms. The predicted octanol–water partition coefficient (Wildman–Crippen LogP) is 9.58. The number of hydrogen-bond acceptors (Lipinski definition) is 21. The topological polar surface area (TPSA) is 300 Å². The van der Waals surface area contributed by atoms with Crippen LogP contribution < -0.4 is 63.3 Å². The summed E-state index contributed by atoms with van der Waals surface area (Å²) in [5.41, 5.74) is 12.6. The van der Waals surface area contributed by atoms with Gasteiger partial charge in [-0.3, -0.25) is 28.8 Å². The maximum atomic E-state index is 13.2. The van der Waals surface area contributed by atoms with Crippen LogP contribution in [0, 0.1) is 0 Å². The van der Waals surface area contributed by atoms with Gasteiger partial charge in [-0.1, -0.05) is 63.9 Å². The Bertz CT molecular complexity index is 4730. The molecule has 3 aliphatic heterocycles. The SMILES string of the molecule is CCNC(=O)c1cn(C2CCCCC2)c2nc(Nc3ccc(N4CCN(C)CC4)cc3)ncc2c1=O.CN1CCN(c2cccc(Nc3ncc4c(=O)c(C(N)=O)cn(C5CCCCC5)c4n3)c2)CC1.CNC(=O)c1cn(C2CCCCC2)c2nc(Nc3ccc(N4CCN(C)CC4)cc3)ncc2c1=O. The molecule has 552 valence electrons. The molecule has 9 heterocycles. The molecular weight excluding hydrogens is 1330 g/mol. The Morgan fingerprint density at radius 3 is 1.13 bits per heavy atom. The summed E-state index contributed by atoms with van der Waals surface area (Å²) in [5, 5.41) is 16.3. The van der Waals surface area contributed by atoms with Gasteiger partial charge in [-0.05, 0) is 133 Å². The van der Waals surface area contributed by atoms with E-state index in [1.165, 1.54) is 50.1 Å². The molecule has 105 heavy (non-hydrogen) atoms. The molecule has 27 nitrogen and oxygen atoms in total. The van der Waals surface area contributed by atoms with Crippen molar-refractivity contribution in [3.63, 3.8) is 0 Å². The van der Waals surface area contributed by atoms with E-state index in [9.17, 15) is 28.8 Å². The molecule has 0 bridgehead atoms. The highest BCUT2D eigenvalue weighted by Crippen LogP contribution is 2.35. The highest BCUT2D eigenvalue weighted by molar-refractivity contribution is 5.98. The van der Waals surface area contributed by atoms with E-state index in [0.717, 1.165) is 178 Å². The lowest BCUT2D eigenvalue weighted by molar-refractivity contribution is 0.0948. The van der Waals surface area contributed by atoms with Gasteiger partial charge in [0.15, 0.2) is 0 Å². The molecule has 0 unspecified atom stereocenters. The van der Waals surface area contributed by atoms with Crippen molar-refractivity contribution in [2.24, 2.45) is 5.73 Å². The summed E-state index contributed by atoms with van der Waals surface area (Å²) >= 11 is 0. The average molecular weight is 1430 g/mol. The number of likely N-dealkylation sites (N-methyl/N-ethyl adjacent to an activating group) is 3. The summed E-state index contributed by atoms with van der Waals surface area (Å²) in [4.78, 5) is 118. The van der Waals surface area contributed by atoms with Gasteiger partial charge in [-0.15, -0.1) is 0 Å². The minimum atomic E-state index is -0.723. The van der Waals surface area contributed by atoms with Crippen molar-refractivity contribution in [3.05, 3.63) is 157 Å². The summed E-state index contributed by atoms with van der Waals surface area (Å²) in [6, 6.07) is 25.4. The number of nitrogens with two attached hydrogens (primary N) is 1. The summed E-state index contributed by atoms with van der Waals surface area (Å²) in [7, 11) is 7.99. The van der Waals surface area contributed by atoms with Crippen LogP contribution >= 0.6 is 0 Å². The Kier molecular flexibility index (Phi) is 23.3. The van der Waals surface area contributed by atoms with Crippen LogP contribution in [-0.2, 0) is 0 Å². The number of carbonyl (C=O) groups excluding carboxylic acids is 3. The van der Waals surface area contributed by atoms with E-state index in [2.05, 4.69) is 128 Å². The fourth-order valence-corrected chi connectivity index (χ4v) is 15.3. The fourth-order valence-electron chi connectivity index (χ4n) is 15.3. The smallest absolute Gasteiger partial charge is 0.256 e. The normalized spacial score (nSPS) is 17.5. The van der Waals surface area contributed by atoms with Crippen LogP contribution in [0.15, 0.2) is 124 Å². The predicted molar refractivity (Wildman–Crippen MR) is 416 cm³/mol. The van der Waals surface area contributed by atoms with Gasteiger partial charge in [0, 0.05) is 182 Å². The third-order valence-electron chi connectivity index (χ3n) is 21.5. The van der Waals surface area contributed by atoms with Crippen LogP contribution in [0.4, 0.5) is 52.0 Å². The lowest BCUT2D eigenvalue weighted by Gasteiger charge is -2.34.